The second kappa shape index (κ2) is 11.3. The first-order valence-electron chi connectivity index (χ1n) is 13.8. The van der Waals surface area contributed by atoms with Gasteiger partial charge in [-0.25, -0.2) is 4.57 Å². The van der Waals surface area contributed by atoms with Gasteiger partial charge < -0.3 is 24.9 Å². The topological polar surface area (TPSA) is 145 Å². The standard InChI is InChI=1S/C21H31O8P.C6H15N/c1-19-7-5-13(22)9-12(19)3-4-14-15-6-8-21(25,17(24)11-29-30(26,27)28)20(15,2)10-16(23)18(14)19;1-4-7(5-2)6-3/h9,14-16,18,23,25H,3-8,10-11H2,1-2H3,(H2,26,27,28);4-6H2,1-3H3/t14?,15?,16-,18?,19?,20?,21-;/m0./s1. The third-order valence-electron chi connectivity index (χ3n) is 10.2. The fraction of sp³-hybridized carbons (Fsp3) is 0.852. The van der Waals surface area contributed by atoms with Gasteiger partial charge in [-0.1, -0.05) is 40.2 Å². The number of aliphatic hydroxyl groups is 2. The highest BCUT2D eigenvalue weighted by Gasteiger charge is 2.68. The van der Waals surface area contributed by atoms with Crippen LogP contribution in [0.25, 0.3) is 0 Å². The molecule has 0 aromatic carbocycles. The van der Waals surface area contributed by atoms with Crippen LogP contribution in [0.3, 0.4) is 0 Å². The third-order valence-corrected chi connectivity index (χ3v) is 10.7. The minimum Gasteiger partial charge on any atom is -0.393 e. The number of phosphoric ester groups is 1. The minimum atomic E-state index is -4.83. The predicted molar refractivity (Wildman–Crippen MR) is 140 cm³/mol. The molecule has 9 nitrogen and oxygen atoms in total. The van der Waals surface area contributed by atoms with Crippen molar-refractivity contribution in [1.82, 2.24) is 4.90 Å². The fourth-order valence-corrected chi connectivity index (χ4v) is 8.37. The molecule has 0 radical (unpaired) electrons. The van der Waals surface area contributed by atoms with E-state index in [1.165, 1.54) is 19.6 Å². The molecule has 0 aromatic rings. The Bertz CT molecular complexity index is 939. The minimum absolute atomic E-state index is 0.00547. The number of carbonyl (C=O) groups excluding carboxylic acids is 2. The summed E-state index contributed by atoms with van der Waals surface area (Å²) in [5.41, 5.74) is -1.84. The van der Waals surface area contributed by atoms with Gasteiger partial charge in [0, 0.05) is 11.8 Å². The van der Waals surface area contributed by atoms with Gasteiger partial charge in [0.2, 0.25) is 0 Å². The summed E-state index contributed by atoms with van der Waals surface area (Å²) in [5, 5.41) is 22.7. The number of nitrogens with zero attached hydrogens (tertiary/aromatic N) is 1. The van der Waals surface area contributed by atoms with E-state index in [9.17, 15) is 24.4 Å². The van der Waals surface area contributed by atoms with Crippen LogP contribution in [0.15, 0.2) is 11.6 Å². The molecular formula is C27H46NO8P. The summed E-state index contributed by atoms with van der Waals surface area (Å²) in [6.07, 6.45) is 4.79. The van der Waals surface area contributed by atoms with E-state index < -0.39 is 37.3 Å². The highest BCUT2D eigenvalue weighted by molar-refractivity contribution is 7.46. The zero-order chi connectivity index (χ0) is 27.8. The second-order valence-electron chi connectivity index (χ2n) is 11.8. The number of rotatable bonds is 7. The molecule has 4 aliphatic carbocycles. The number of ketones is 2. The highest BCUT2D eigenvalue weighted by atomic mass is 31.2. The molecule has 0 amide bonds. The Hall–Kier alpha value is -0.930. The average molecular weight is 544 g/mol. The lowest BCUT2D eigenvalue weighted by molar-refractivity contribution is -0.182. The van der Waals surface area contributed by atoms with Gasteiger partial charge in [-0.15, -0.1) is 0 Å². The Morgan fingerprint density at radius 2 is 1.73 bits per heavy atom. The molecule has 7 atom stereocenters. The molecule has 0 spiro atoms. The normalized spacial score (nSPS) is 39.2. The number of aliphatic hydroxyl groups excluding tert-OH is 1. The molecule has 4 aliphatic rings. The van der Waals surface area contributed by atoms with E-state index in [4.69, 9.17) is 9.79 Å². The number of hydrogen-bond acceptors (Lipinski definition) is 7. The first kappa shape index (κ1) is 30.6. The van der Waals surface area contributed by atoms with Crippen molar-refractivity contribution in [3.63, 3.8) is 0 Å². The maximum absolute atomic E-state index is 12.8. The number of fused-ring (bicyclic) bond motifs is 5. The van der Waals surface area contributed by atoms with Crippen molar-refractivity contribution in [1.29, 1.82) is 0 Å². The average Bonchev–Trinajstić information content (AvgIpc) is 3.10. The zero-order valence-corrected chi connectivity index (χ0v) is 23.9. The molecule has 3 saturated carbocycles. The molecule has 0 aromatic heterocycles. The van der Waals surface area contributed by atoms with E-state index >= 15 is 0 Å². The molecule has 4 N–H and O–H groups in total. The van der Waals surface area contributed by atoms with Crippen molar-refractivity contribution in [2.24, 2.45) is 28.6 Å². The lowest BCUT2D eigenvalue weighted by Crippen LogP contribution is -2.62. The zero-order valence-electron chi connectivity index (χ0n) is 23.0. The second-order valence-corrected chi connectivity index (χ2v) is 13.0. The van der Waals surface area contributed by atoms with Gasteiger partial charge in [0.25, 0.3) is 0 Å². The van der Waals surface area contributed by atoms with Crippen LogP contribution in [0.4, 0.5) is 0 Å². The summed E-state index contributed by atoms with van der Waals surface area (Å²) in [6, 6.07) is 0. The summed E-state index contributed by atoms with van der Waals surface area (Å²) in [4.78, 5) is 45.0. The number of allylic oxidation sites excluding steroid dienone is 1. The van der Waals surface area contributed by atoms with Crippen LogP contribution in [0.2, 0.25) is 0 Å². The van der Waals surface area contributed by atoms with Crippen LogP contribution in [0, 0.1) is 28.6 Å². The van der Waals surface area contributed by atoms with E-state index in [2.05, 4.69) is 37.1 Å². The molecule has 3 fully saturated rings. The molecule has 212 valence electrons. The Morgan fingerprint density at radius 1 is 1.11 bits per heavy atom. The van der Waals surface area contributed by atoms with Gasteiger partial charge in [0.15, 0.2) is 11.6 Å². The first-order valence-corrected chi connectivity index (χ1v) is 15.3. The SMILES string of the molecule is CC12CCC(=O)C=C1CCC1C2[C@@H](O)CC2(C)C1CC[C@]2(O)C(=O)COP(=O)(O)O.CCN(CC)CC. The molecule has 4 rings (SSSR count). The van der Waals surface area contributed by atoms with Gasteiger partial charge in [-0.05, 0) is 87.4 Å². The lowest BCUT2D eigenvalue weighted by atomic mass is 9.45. The largest absolute Gasteiger partial charge is 0.470 e. The molecule has 0 saturated heterocycles. The Balaban J connectivity index is 0.000000479. The van der Waals surface area contributed by atoms with Crippen LogP contribution < -0.4 is 0 Å². The Morgan fingerprint density at radius 3 is 2.27 bits per heavy atom. The number of phosphoric acid groups is 1. The van der Waals surface area contributed by atoms with Crippen LogP contribution in [-0.2, 0) is 18.7 Å². The van der Waals surface area contributed by atoms with Gasteiger partial charge in [0.1, 0.15) is 12.2 Å². The molecule has 0 bridgehead atoms. The van der Waals surface area contributed by atoms with Crippen molar-refractivity contribution in [3.05, 3.63) is 11.6 Å². The summed E-state index contributed by atoms with van der Waals surface area (Å²) in [7, 11) is -4.83. The summed E-state index contributed by atoms with van der Waals surface area (Å²) < 4.78 is 15.4. The molecule has 10 heteroatoms. The van der Waals surface area contributed by atoms with Gasteiger partial charge in [-0.2, -0.15) is 0 Å². The summed E-state index contributed by atoms with van der Waals surface area (Å²) in [5.74, 6) is -0.522. The van der Waals surface area contributed by atoms with Gasteiger partial charge >= 0.3 is 7.82 Å². The van der Waals surface area contributed by atoms with Crippen LogP contribution in [0.1, 0.15) is 79.6 Å². The Labute approximate surface area is 220 Å². The first-order chi connectivity index (χ1) is 17.2. The van der Waals surface area contributed by atoms with Crippen molar-refractivity contribution in [2.75, 3.05) is 26.2 Å². The van der Waals surface area contributed by atoms with E-state index in [0.29, 0.717) is 19.3 Å². The number of carbonyl (C=O) groups is 2. The van der Waals surface area contributed by atoms with Crippen LogP contribution >= 0.6 is 7.82 Å². The maximum Gasteiger partial charge on any atom is 0.470 e. The van der Waals surface area contributed by atoms with Gasteiger partial charge in [0.05, 0.1) is 6.10 Å². The molecule has 37 heavy (non-hydrogen) atoms. The maximum atomic E-state index is 12.8. The summed E-state index contributed by atoms with van der Waals surface area (Å²) in [6.45, 7) is 13.2. The molecule has 5 unspecified atom stereocenters. The van der Waals surface area contributed by atoms with Crippen molar-refractivity contribution < 1.29 is 38.7 Å². The van der Waals surface area contributed by atoms with Crippen molar-refractivity contribution in [3.8, 4) is 0 Å². The van der Waals surface area contributed by atoms with Crippen LogP contribution in [0.5, 0.6) is 0 Å². The molecular weight excluding hydrogens is 497 g/mol. The Kier molecular flexibility index (Phi) is 9.33. The molecule has 0 heterocycles. The quantitative estimate of drug-likeness (QED) is 0.356. The van der Waals surface area contributed by atoms with E-state index in [1.54, 1.807) is 6.08 Å². The van der Waals surface area contributed by atoms with Gasteiger partial charge in [-0.3, -0.25) is 14.1 Å². The lowest BCUT2D eigenvalue weighted by Gasteiger charge is -2.60. The predicted octanol–water partition coefficient (Wildman–Crippen LogP) is 3.25. The van der Waals surface area contributed by atoms with E-state index in [0.717, 1.165) is 18.4 Å². The third kappa shape index (κ3) is 5.69. The highest BCUT2D eigenvalue weighted by Crippen LogP contribution is 2.67. The van der Waals surface area contributed by atoms with Crippen LogP contribution in [-0.4, -0.2) is 74.4 Å². The van der Waals surface area contributed by atoms with E-state index in [-0.39, 0.29) is 41.8 Å². The smallest absolute Gasteiger partial charge is 0.393 e. The van der Waals surface area contributed by atoms with E-state index in [1.807, 2.05) is 6.92 Å². The van der Waals surface area contributed by atoms with Crippen molar-refractivity contribution in [2.45, 2.75) is 91.3 Å². The number of hydrogen-bond donors (Lipinski definition) is 4. The monoisotopic (exact) mass is 543 g/mol. The van der Waals surface area contributed by atoms with Crippen molar-refractivity contribution >= 4 is 19.4 Å². The fourth-order valence-electron chi connectivity index (χ4n) is 8.08. The molecule has 0 aliphatic heterocycles. The summed E-state index contributed by atoms with van der Waals surface area (Å²) >= 11 is 0. The number of Topliss-reactive ketones (excluding diaryl/α,β-unsaturated/α-hetero) is 1.